The Bertz CT molecular complexity index is 752. The van der Waals surface area contributed by atoms with Crippen LogP contribution in [0.2, 0.25) is 0 Å². The third-order valence-electron chi connectivity index (χ3n) is 7.13. The second kappa shape index (κ2) is 9.15. The molecule has 1 aromatic rings. The molecule has 2 amide bonds. The predicted molar refractivity (Wildman–Crippen MR) is 115 cm³/mol. The molecule has 4 atom stereocenters. The molecule has 4 fully saturated rings. The molecular formula is C23H33N5O. The molecule has 4 saturated heterocycles. The Morgan fingerprint density at radius 1 is 1.24 bits per heavy atom. The summed E-state index contributed by atoms with van der Waals surface area (Å²) >= 11 is 0. The number of urea groups is 1. The highest BCUT2D eigenvalue weighted by Crippen LogP contribution is 2.37. The maximum Gasteiger partial charge on any atom is 0.319 e. The topological polar surface area (TPSA) is 71.4 Å². The van der Waals surface area contributed by atoms with E-state index in [9.17, 15) is 4.79 Å². The summed E-state index contributed by atoms with van der Waals surface area (Å²) in [4.78, 5) is 17.6. The summed E-state index contributed by atoms with van der Waals surface area (Å²) in [5.74, 6) is 2.47. The molecule has 1 aromatic carbocycles. The molecule has 4 aliphatic rings. The van der Waals surface area contributed by atoms with Gasteiger partial charge in [0.25, 0.3) is 0 Å². The Morgan fingerprint density at radius 2 is 2.07 bits per heavy atom. The number of nitriles is 1. The largest absolute Gasteiger partial charge is 0.336 e. The summed E-state index contributed by atoms with van der Waals surface area (Å²) < 4.78 is 0. The number of fused-ring (bicyclic) bond motifs is 3. The van der Waals surface area contributed by atoms with Gasteiger partial charge in [0.15, 0.2) is 0 Å². The van der Waals surface area contributed by atoms with Crippen LogP contribution in [-0.4, -0.2) is 61.1 Å². The summed E-state index contributed by atoms with van der Waals surface area (Å²) in [6, 6.07) is 9.36. The highest BCUT2D eigenvalue weighted by atomic mass is 16.2. The van der Waals surface area contributed by atoms with Crippen LogP contribution in [0.4, 0.5) is 10.5 Å². The Hall–Kier alpha value is -2.10. The first-order valence-corrected chi connectivity index (χ1v) is 11.1. The van der Waals surface area contributed by atoms with Crippen molar-refractivity contribution >= 4 is 11.7 Å². The molecule has 2 N–H and O–H groups in total. The van der Waals surface area contributed by atoms with Crippen LogP contribution >= 0.6 is 0 Å². The number of rotatable bonds is 5. The van der Waals surface area contributed by atoms with Crippen molar-refractivity contribution in [2.75, 3.05) is 44.6 Å². The van der Waals surface area contributed by atoms with E-state index in [1.54, 1.807) is 24.3 Å². The normalized spacial score (nSPS) is 29.9. The molecule has 4 heterocycles. The van der Waals surface area contributed by atoms with Gasteiger partial charge in [-0.05, 0) is 81.3 Å². The van der Waals surface area contributed by atoms with E-state index < -0.39 is 0 Å². The Kier molecular flexibility index (Phi) is 6.37. The van der Waals surface area contributed by atoms with Crippen LogP contribution in [0.5, 0.6) is 0 Å². The highest BCUT2D eigenvalue weighted by Gasteiger charge is 2.40. The molecule has 5 rings (SSSR count). The zero-order valence-corrected chi connectivity index (χ0v) is 17.4. The molecule has 0 aromatic heterocycles. The van der Waals surface area contributed by atoms with Crippen LogP contribution in [0.3, 0.4) is 0 Å². The zero-order valence-electron chi connectivity index (χ0n) is 17.4. The van der Waals surface area contributed by atoms with Crippen LogP contribution in [-0.2, 0) is 0 Å². The van der Waals surface area contributed by atoms with Crippen LogP contribution in [0, 0.1) is 29.1 Å². The van der Waals surface area contributed by atoms with Crippen molar-refractivity contribution in [2.24, 2.45) is 17.8 Å². The van der Waals surface area contributed by atoms with Gasteiger partial charge >= 0.3 is 6.03 Å². The summed E-state index contributed by atoms with van der Waals surface area (Å²) in [5, 5.41) is 14.9. The maximum atomic E-state index is 12.3. The average molecular weight is 396 g/mol. The van der Waals surface area contributed by atoms with Gasteiger partial charge in [0.1, 0.15) is 0 Å². The molecule has 6 nitrogen and oxygen atoms in total. The predicted octanol–water partition coefficient (Wildman–Crippen LogP) is 3.12. The molecule has 0 spiro atoms. The zero-order chi connectivity index (χ0) is 20.2. The van der Waals surface area contributed by atoms with Crippen LogP contribution < -0.4 is 10.6 Å². The van der Waals surface area contributed by atoms with Crippen molar-refractivity contribution in [3.63, 3.8) is 0 Å². The van der Waals surface area contributed by atoms with Gasteiger partial charge in [-0.3, -0.25) is 4.90 Å². The minimum Gasteiger partial charge on any atom is -0.336 e. The second-order valence-electron chi connectivity index (χ2n) is 9.20. The van der Waals surface area contributed by atoms with Crippen LogP contribution in [0.15, 0.2) is 24.3 Å². The molecule has 0 saturated carbocycles. The third-order valence-corrected chi connectivity index (χ3v) is 7.13. The molecule has 4 aliphatic heterocycles. The van der Waals surface area contributed by atoms with Crippen LogP contribution in [0.1, 0.15) is 38.2 Å². The van der Waals surface area contributed by atoms with E-state index in [-0.39, 0.29) is 6.03 Å². The first-order valence-electron chi connectivity index (χ1n) is 11.1. The summed E-state index contributed by atoms with van der Waals surface area (Å²) in [7, 11) is 0. The van der Waals surface area contributed by atoms with Gasteiger partial charge in [0.2, 0.25) is 0 Å². The van der Waals surface area contributed by atoms with Gasteiger partial charge in [-0.25, -0.2) is 4.79 Å². The van der Waals surface area contributed by atoms with Crippen LogP contribution in [0.25, 0.3) is 0 Å². The Morgan fingerprint density at radius 3 is 2.79 bits per heavy atom. The molecule has 29 heavy (non-hydrogen) atoms. The van der Waals surface area contributed by atoms with Gasteiger partial charge in [0, 0.05) is 31.4 Å². The number of likely N-dealkylation sites (tertiary alicyclic amines) is 1. The first-order chi connectivity index (χ1) is 14.1. The summed E-state index contributed by atoms with van der Waals surface area (Å²) in [6.07, 6.45) is 5.19. The quantitative estimate of drug-likeness (QED) is 0.804. The number of carbonyl (C=O) groups excluding carboxylic acids is 1. The van der Waals surface area contributed by atoms with Gasteiger partial charge in [-0.2, -0.15) is 5.26 Å². The number of carbonyl (C=O) groups is 1. The first kappa shape index (κ1) is 20.2. The van der Waals surface area contributed by atoms with Gasteiger partial charge < -0.3 is 15.5 Å². The fraction of sp³-hybridized carbons (Fsp3) is 0.652. The standard InChI is InChI=1S/C23H33N5O/c1-17-5-8-27(9-6-17)15-20-16-28-10-7-19(20)12-22(28)14-25-23(29)26-21-4-2-3-18(11-21)13-24/h2-4,11,17,19-20,22H,5-10,12,14-16H2,1H3,(H2,25,26,29)/t19-,20+,22+/m0/s1. The molecule has 0 aliphatic carbocycles. The van der Waals surface area contributed by atoms with Gasteiger partial charge in [-0.15, -0.1) is 0 Å². The molecule has 0 radical (unpaired) electrons. The van der Waals surface area contributed by atoms with E-state index in [1.165, 1.54) is 51.9 Å². The number of hydrogen-bond acceptors (Lipinski definition) is 4. The molecule has 156 valence electrons. The summed E-state index contributed by atoms with van der Waals surface area (Å²) in [5.41, 5.74) is 1.20. The SMILES string of the molecule is CC1CCN(C[C@@H]2CN3CC[C@H]2C[C@@H]3CNC(=O)Nc2cccc(C#N)c2)CC1. The number of hydrogen-bond donors (Lipinski definition) is 2. The Labute approximate surface area is 174 Å². The number of nitrogens with one attached hydrogen (secondary N) is 2. The van der Waals surface area contributed by atoms with Crippen molar-refractivity contribution < 1.29 is 4.79 Å². The molecule has 1 unspecified atom stereocenters. The van der Waals surface area contributed by atoms with E-state index in [0.29, 0.717) is 23.8 Å². The van der Waals surface area contributed by atoms with Gasteiger partial charge in [0.05, 0.1) is 11.6 Å². The second-order valence-corrected chi connectivity index (χ2v) is 9.20. The van der Waals surface area contributed by atoms with E-state index in [4.69, 9.17) is 5.26 Å². The fourth-order valence-corrected chi connectivity index (χ4v) is 5.30. The van der Waals surface area contributed by atoms with E-state index in [0.717, 1.165) is 24.3 Å². The molecular weight excluding hydrogens is 362 g/mol. The lowest BCUT2D eigenvalue weighted by Gasteiger charge is -2.51. The lowest BCUT2D eigenvalue weighted by Crippen LogP contribution is -2.58. The van der Waals surface area contributed by atoms with Crippen molar-refractivity contribution in [3.8, 4) is 6.07 Å². The molecule has 6 heteroatoms. The van der Waals surface area contributed by atoms with E-state index >= 15 is 0 Å². The lowest BCUT2D eigenvalue weighted by atomic mass is 9.75. The monoisotopic (exact) mass is 395 g/mol. The number of nitrogens with zero attached hydrogens (tertiary/aromatic N) is 3. The van der Waals surface area contributed by atoms with Gasteiger partial charge in [-0.1, -0.05) is 13.0 Å². The number of amides is 2. The number of anilines is 1. The van der Waals surface area contributed by atoms with Crippen molar-refractivity contribution in [3.05, 3.63) is 29.8 Å². The average Bonchev–Trinajstić information content (AvgIpc) is 2.75. The minimum absolute atomic E-state index is 0.193. The maximum absolute atomic E-state index is 12.3. The highest BCUT2D eigenvalue weighted by molar-refractivity contribution is 5.89. The minimum atomic E-state index is -0.193. The van der Waals surface area contributed by atoms with E-state index in [1.807, 2.05) is 0 Å². The number of benzene rings is 1. The lowest BCUT2D eigenvalue weighted by molar-refractivity contribution is -0.0142. The van der Waals surface area contributed by atoms with Crippen molar-refractivity contribution in [2.45, 2.75) is 38.6 Å². The smallest absolute Gasteiger partial charge is 0.319 e. The fourth-order valence-electron chi connectivity index (χ4n) is 5.30. The van der Waals surface area contributed by atoms with Crippen molar-refractivity contribution in [1.29, 1.82) is 5.26 Å². The summed E-state index contributed by atoms with van der Waals surface area (Å²) in [6.45, 7) is 9.19. The Balaban J connectivity index is 1.23. The number of piperidine rings is 4. The molecule has 2 bridgehead atoms. The van der Waals surface area contributed by atoms with E-state index in [2.05, 4.69) is 33.4 Å². The van der Waals surface area contributed by atoms with Crippen molar-refractivity contribution in [1.82, 2.24) is 15.1 Å². The third kappa shape index (κ3) is 5.09.